The van der Waals surface area contributed by atoms with E-state index in [0.29, 0.717) is 12.4 Å². The minimum Gasteiger partial charge on any atom is -0.444 e. The predicted molar refractivity (Wildman–Crippen MR) is 108 cm³/mol. The summed E-state index contributed by atoms with van der Waals surface area (Å²) < 4.78 is 7.31. The van der Waals surface area contributed by atoms with Gasteiger partial charge >= 0.3 is 6.09 Å². The van der Waals surface area contributed by atoms with Gasteiger partial charge in [-0.15, -0.1) is 0 Å². The number of amides is 1. The molecule has 0 spiro atoms. The van der Waals surface area contributed by atoms with E-state index < -0.39 is 5.60 Å². The van der Waals surface area contributed by atoms with Gasteiger partial charge in [-0.05, 0) is 53.1 Å². The summed E-state index contributed by atoms with van der Waals surface area (Å²) in [6.07, 6.45) is 5.32. The number of nitrogens with two attached hydrogens (primary N) is 1. The van der Waals surface area contributed by atoms with Crippen LogP contribution in [0.5, 0.6) is 0 Å². The monoisotopic (exact) mass is 386 g/mol. The van der Waals surface area contributed by atoms with Crippen molar-refractivity contribution >= 4 is 11.9 Å². The van der Waals surface area contributed by atoms with Crippen LogP contribution in [-0.2, 0) is 11.3 Å². The molecule has 1 atom stereocenters. The Labute approximate surface area is 166 Å². The Morgan fingerprint density at radius 2 is 2.18 bits per heavy atom. The quantitative estimate of drug-likeness (QED) is 0.838. The van der Waals surface area contributed by atoms with Gasteiger partial charge < -0.3 is 20.4 Å². The van der Waals surface area contributed by atoms with Crippen LogP contribution in [0.4, 0.5) is 10.6 Å². The summed E-state index contributed by atoms with van der Waals surface area (Å²) in [6, 6.07) is 3.94. The number of pyridine rings is 1. The molecule has 0 saturated carbocycles. The van der Waals surface area contributed by atoms with E-state index in [4.69, 9.17) is 10.5 Å². The molecule has 3 rings (SSSR count). The molecule has 28 heavy (non-hydrogen) atoms. The number of hydrogen-bond acceptors (Lipinski definition) is 6. The first kappa shape index (κ1) is 20.1. The lowest BCUT2D eigenvalue weighted by molar-refractivity contribution is 0.0470. The van der Waals surface area contributed by atoms with Crippen LogP contribution in [-0.4, -0.2) is 50.3 Å². The number of ether oxygens (including phenoxy) is 1. The second kappa shape index (κ2) is 8.18. The van der Waals surface area contributed by atoms with Crippen LogP contribution in [0, 0.1) is 6.92 Å². The van der Waals surface area contributed by atoms with E-state index >= 15 is 0 Å². The molecule has 0 unspecified atom stereocenters. The van der Waals surface area contributed by atoms with Crippen molar-refractivity contribution in [1.82, 2.24) is 24.8 Å². The summed E-state index contributed by atoms with van der Waals surface area (Å²) in [4.78, 5) is 23.1. The smallest absolute Gasteiger partial charge is 0.407 e. The molecular weight excluding hydrogens is 356 g/mol. The van der Waals surface area contributed by atoms with Crippen LogP contribution >= 0.6 is 0 Å². The summed E-state index contributed by atoms with van der Waals surface area (Å²) in [6.45, 7) is 9.95. The maximum atomic E-state index is 12.1. The fraction of sp³-hybridized carbons (Fsp3) is 0.550. The maximum absolute atomic E-state index is 12.1. The average Bonchev–Trinajstić information content (AvgIpc) is 2.99. The highest BCUT2D eigenvalue weighted by atomic mass is 16.6. The number of likely N-dealkylation sites (tertiary alicyclic amines) is 1. The number of anilines is 1. The van der Waals surface area contributed by atoms with Gasteiger partial charge in [-0.1, -0.05) is 0 Å². The Balaban J connectivity index is 1.63. The molecule has 2 aromatic heterocycles. The zero-order valence-corrected chi connectivity index (χ0v) is 17.1. The Bertz CT molecular complexity index is 826. The van der Waals surface area contributed by atoms with Crippen molar-refractivity contribution in [2.45, 2.75) is 58.7 Å². The molecule has 8 heteroatoms. The summed E-state index contributed by atoms with van der Waals surface area (Å²) in [5.74, 6) is 0.485. The molecule has 1 saturated heterocycles. The second-order valence-electron chi connectivity index (χ2n) is 8.38. The van der Waals surface area contributed by atoms with E-state index in [0.717, 1.165) is 43.0 Å². The molecule has 3 N–H and O–H groups in total. The standard InChI is InChI=1S/C20H30N6O2/c1-14-10-26(13-22-14)17-8-16(23-18(21)9-17)12-25-7-5-6-15(11-25)24-19(27)28-20(2,3)4/h8-10,13,15H,5-7,11-12H2,1-4H3,(H2,21,23)(H,24,27)/t15-/m0/s1. The Kier molecular flexibility index (Phi) is 5.88. The summed E-state index contributed by atoms with van der Waals surface area (Å²) in [7, 11) is 0. The zero-order chi connectivity index (χ0) is 20.3. The number of carbonyl (C=O) groups is 1. The molecule has 3 heterocycles. The second-order valence-corrected chi connectivity index (χ2v) is 8.38. The number of alkyl carbamates (subject to hydrolysis) is 1. The normalized spacial score (nSPS) is 18.1. The lowest BCUT2D eigenvalue weighted by atomic mass is 10.1. The van der Waals surface area contributed by atoms with Gasteiger partial charge in [0.05, 0.1) is 23.4 Å². The van der Waals surface area contributed by atoms with Crippen LogP contribution in [0.15, 0.2) is 24.7 Å². The molecule has 1 amide bonds. The maximum Gasteiger partial charge on any atom is 0.407 e. The van der Waals surface area contributed by atoms with Gasteiger partial charge in [0, 0.05) is 31.4 Å². The van der Waals surface area contributed by atoms with Crippen molar-refractivity contribution in [3.63, 3.8) is 0 Å². The third kappa shape index (κ3) is 5.69. The Hall–Kier alpha value is -2.61. The third-order valence-electron chi connectivity index (χ3n) is 4.50. The van der Waals surface area contributed by atoms with Crippen molar-refractivity contribution in [1.29, 1.82) is 0 Å². The number of nitrogens with zero attached hydrogens (tertiary/aromatic N) is 4. The average molecular weight is 387 g/mol. The molecule has 1 aliphatic heterocycles. The van der Waals surface area contributed by atoms with Crippen molar-refractivity contribution in [2.24, 2.45) is 0 Å². The fourth-order valence-electron chi connectivity index (χ4n) is 3.41. The van der Waals surface area contributed by atoms with Crippen LogP contribution in [0.25, 0.3) is 5.69 Å². The van der Waals surface area contributed by atoms with Crippen molar-refractivity contribution in [3.8, 4) is 5.69 Å². The summed E-state index contributed by atoms with van der Waals surface area (Å²) in [5.41, 5.74) is 8.33. The van der Waals surface area contributed by atoms with Crippen LogP contribution in [0.2, 0.25) is 0 Å². The van der Waals surface area contributed by atoms with Crippen LogP contribution in [0.1, 0.15) is 45.0 Å². The fourth-order valence-corrected chi connectivity index (χ4v) is 3.41. The number of nitrogen functional groups attached to an aromatic ring is 1. The predicted octanol–water partition coefficient (Wildman–Crippen LogP) is 2.65. The minimum atomic E-state index is -0.494. The number of piperidine rings is 1. The van der Waals surface area contributed by atoms with E-state index in [2.05, 4.69) is 20.2 Å². The Morgan fingerprint density at radius 3 is 2.86 bits per heavy atom. The van der Waals surface area contributed by atoms with Crippen molar-refractivity contribution in [2.75, 3.05) is 18.8 Å². The van der Waals surface area contributed by atoms with Gasteiger partial charge in [0.15, 0.2) is 0 Å². The van der Waals surface area contributed by atoms with E-state index in [1.54, 1.807) is 6.33 Å². The number of aromatic nitrogens is 3. The van der Waals surface area contributed by atoms with Crippen LogP contribution < -0.4 is 11.1 Å². The molecule has 0 aliphatic carbocycles. The number of hydrogen-bond donors (Lipinski definition) is 2. The van der Waals surface area contributed by atoms with E-state index in [1.807, 2.05) is 50.6 Å². The molecule has 0 radical (unpaired) electrons. The first-order chi connectivity index (χ1) is 13.2. The van der Waals surface area contributed by atoms with Crippen molar-refractivity contribution < 1.29 is 9.53 Å². The molecular formula is C20H30N6O2. The SMILES string of the molecule is Cc1cn(-c2cc(N)nc(CN3CCC[C@H](NC(=O)OC(C)(C)C)C3)c2)cn1. The topological polar surface area (TPSA) is 98.3 Å². The van der Waals surface area contributed by atoms with Gasteiger partial charge in [0.1, 0.15) is 11.4 Å². The molecule has 1 fully saturated rings. The molecule has 8 nitrogen and oxygen atoms in total. The van der Waals surface area contributed by atoms with Crippen LogP contribution in [0.3, 0.4) is 0 Å². The van der Waals surface area contributed by atoms with Gasteiger partial charge in [-0.3, -0.25) is 4.90 Å². The Morgan fingerprint density at radius 1 is 1.39 bits per heavy atom. The zero-order valence-electron chi connectivity index (χ0n) is 17.1. The highest BCUT2D eigenvalue weighted by molar-refractivity contribution is 5.68. The van der Waals surface area contributed by atoms with Gasteiger partial charge in [0.25, 0.3) is 0 Å². The lowest BCUT2D eigenvalue weighted by Crippen LogP contribution is -2.48. The summed E-state index contributed by atoms with van der Waals surface area (Å²) >= 11 is 0. The first-order valence-electron chi connectivity index (χ1n) is 9.67. The number of nitrogens with one attached hydrogen (secondary N) is 1. The molecule has 2 aromatic rings. The highest BCUT2D eigenvalue weighted by Crippen LogP contribution is 2.18. The highest BCUT2D eigenvalue weighted by Gasteiger charge is 2.24. The van der Waals surface area contributed by atoms with E-state index in [9.17, 15) is 4.79 Å². The molecule has 152 valence electrons. The number of aryl methyl sites for hydroxylation is 1. The molecule has 0 aromatic carbocycles. The van der Waals surface area contributed by atoms with E-state index in [-0.39, 0.29) is 12.1 Å². The largest absolute Gasteiger partial charge is 0.444 e. The van der Waals surface area contributed by atoms with Gasteiger partial charge in [-0.25, -0.2) is 14.8 Å². The van der Waals surface area contributed by atoms with Gasteiger partial charge in [-0.2, -0.15) is 0 Å². The third-order valence-corrected chi connectivity index (χ3v) is 4.50. The molecule has 0 bridgehead atoms. The lowest BCUT2D eigenvalue weighted by Gasteiger charge is -2.33. The van der Waals surface area contributed by atoms with Gasteiger partial charge in [0.2, 0.25) is 0 Å². The number of imidazole rings is 1. The summed E-state index contributed by atoms with van der Waals surface area (Å²) in [5, 5.41) is 2.98. The minimum absolute atomic E-state index is 0.0698. The first-order valence-corrected chi connectivity index (χ1v) is 9.67. The molecule has 1 aliphatic rings. The van der Waals surface area contributed by atoms with E-state index in [1.165, 1.54) is 0 Å². The number of carbonyl (C=O) groups excluding carboxylic acids is 1. The van der Waals surface area contributed by atoms with Crippen molar-refractivity contribution in [3.05, 3.63) is 36.0 Å². The number of rotatable bonds is 4.